The van der Waals surface area contributed by atoms with E-state index in [0.29, 0.717) is 24.7 Å². The van der Waals surface area contributed by atoms with Crippen molar-refractivity contribution in [3.05, 3.63) is 45.6 Å². The van der Waals surface area contributed by atoms with Gasteiger partial charge in [0.1, 0.15) is 6.61 Å². The Morgan fingerprint density at radius 3 is 2.78 bits per heavy atom. The van der Waals surface area contributed by atoms with E-state index in [0.717, 1.165) is 17.7 Å². The molecule has 4 nitrogen and oxygen atoms in total. The molecule has 0 saturated carbocycles. The maximum atomic E-state index is 12.2. The lowest BCUT2D eigenvalue weighted by Crippen LogP contribution is -2.27. The van der Waals surface area contributed by atoms with Crippen LogP contribution in [0.4, 0.5) is 0 Å². The second-order valence-corrected chi connectivity index (χ2v) is 6.66. The monoisotopic (exact) mass is 331 g/mol. The number of ether oxygens (including phenoxy) is 2. The van der Waals surface area contributed by atoms with Crippen LogP contribution < -0.4 is 14.8 Å². The Morgan fingerprint density at radius 1 is 1.22 bits per heavy atom. The normalized spacial score (nSPS) is 13.3. The number of methoxy groups -OCH3 is 1. The van der Waals surface area contributed by atoms with E-state index in [2.05, 4.69) is 11.4 Å². The minimum atomic E-state index is -0.00646. The highest BCUT2D eigenvalue weighted by molar-refractivity contribution is 7.14. The molecule has 1 aromatic heterocycles. The maximum absolute atomic E-state index is 12.2. The summed E-state index contributed by atoms with van der Waals surface area (Å²) in [5.74, 6) is 1.38. The van der Waals surface area contributed by atoms with Crippen molar-refractivity contribution < 1.29 is 14.3 Å². The van der Waals surface area contributed by atoms with Gasteiger partial charge in [0.2, 0.25) is 0 Å². The largest absolute Gasteiger partial charge is 0.493 e. The second-order valence-electron chi connectivity index (χ2n) is 5.52. The van der Waals surface area contributed by atoms with Crippen LogP contribution >= 0.6 is 11.3 Å². The van der Waals surface area contributed by atoms with E-state index in [1.807, 2.05) is 24.3 Å². The molecule has 0 spiro atoms. The fraction of sp³-hybridized carbons (Fsp3) is 0.389. The van der Waals surface area contributed by atoms with Gasteiger partial charge in [-0.25, -0.2) is 0 Å². The Hall–Kier alpha value is -2.01. The van der Waals surface area contributed by atoms with Crippen LogP contribution in [0.2, 0.25) is 0 Å². The second kappa shape index (κ2) is 7.51. The fourth-order valence-electron chi connectivity index (χ4n) is 2.75. The molecule has 1 aliphatic rings. The minimum absolute atomic E-state index is 0.00646. The lowest BCUT2D eigenvalue weighted by atomic mass is 9.99. The van der Waals surface area contributed by atoms with Gasteiger partial charge in [0, 0.05) is 4.88 Å². The number of para-hydroxylation sites is 2. The summed E-state index contributed by atoms with van der Waals surface area (Å²) in [6.07, 6.45) is 4.69. The van der Waals surface area contributed by atoms with Crippen molar-refractivity contribution in [1.29, 1.82) is 0 Å². The molecule has 3 rings (SSSR count). The van der Waals surface area contributed by atoms with Crippen LogP contribution in [0, 0.1) is 0 Å². The Bertz CT molecular complexity index is 657. The van der Waals surface area contributed by atoms with Crippen LogP contribution in [0.15, 0.2) is 30.3 Å². The van der Waals surface area contributed by atoms with Gasteiger partial charge in [0.25, 0.3) is 5.91 Å². The number of nitrogens with one attached hydrogen (secondary N) is 1. The third kappa shape index (κ3) is 3.85. The smallest absolute Gasteiger partial charge is 0.261 e. The standard InChI is InChI=1S/C18H21NO3S/c1-21-14-7-3-4-8-15(14)22-11-10-19-18(20)17-12-13-6-2-5-9-16(13)23-17/h3-4,7-8,12H,2,5-6,9-11H2,1H3,(H,19,20). The van der Waals surface area contributed by atoms with Crippen molar-refractivity contribution in [1.82, 2.24) is 5.32 Å². The van der Waals surface area contributed by atoms with E-state index >= 15 is 0 Å². The first-order chi connectivity index (χ1) is 11.3. The minimum Gasteiger partial charge on any atom is -0.493 e. The van der Waals surface area contributed by atoms with Crippen LogP contribution in [0.1, 0.15) is 33.0 Å². The Morgan fingerprint density at radius 2 is 2.00 bits per heavy atom. The summed E-state index contributed by atoms with van der Waals surface area (Å²) in [5.41, 5.74) is 1.36. The highest BCUT2D eigenvalue weighted by Gasteiger charge is 2.16. The van der Waals surface area contributed by atoms with E-state index in [9.17, 15) is 4.79 Å². The molecule has 0 bridgehead atoms. The highest BCUT2D eigenvalue weighted by Crippen LogP contribution is 2.29. The fourth-order valence-corrected chi connectivity index (χ4v) is 3.92. The number of aryl methyl sites for hydroxylation is 2. The number of rotatable bonds is 6. The number of hydrogen-bond donors (Lipinski definition) is 1. The van der Waals surface area contributed by atoms with Crippen molar-refractivity contribution in [3.8, 4) is 11.5 Å². The number of amides is 1. The summed E-state index contributed by atoms with van der Waals surface area (Å²) in [5, 5.41) is 2.92. The molecule has 0 radical (unpaired) electrons. The van der Waals surface area contributed by atoms with Crippen LogP contribution in [0.25, 0.3) is 0 Å². The number of hydrogen-bond acceptors (Lipinski definition) is 4. The first-order valence-electron chi connectivity index (χ1n) is 7.93. The molecular weight excluding hydrogens is 310 g/mol. The number of carbonyl (C=O) groups excluding carboxylic acids is 1. The zero-order valence-corrected chi connectivity index (χ0v) is 14.1. The van der Waals surface area contributed by atoms with Gasteiger partial charge in [-0.15, -0.1) is 11.3 Å². The van der Waals surface area contributed by atoms with E-state index in [1.54, 1.807) is 18.4 Å². The zero-order valence-electron chi connectivity index (χ0n) is 13.3. The molecule has 1 N–H and O–H groups in total. The van der Waals surface area contributed by atoms with Gasteiger partial charge < -0.3 is 14.8 Å². The molecule has 1 amide bonds. The van der Waals surface area contributed by atoms with Crippen molar-refractivity contribution in [2.45, 2.75) is 25.7 Å². The summed E-state index contributed by atoms with van der Waals surface area (Å²) >= 11 is 1.63. The molecule has 5 heteroatoms. The number of benzene rings is 1. The van der Waals surface area contributed by atoms with Crippen LogP contribution in [-0.2, 0) is 12.8 Å². The molecule has 1 aromatic carbocycles. The summed E-state index contributed by atoms with van der Waals surface area (Å²) in [7, 11) is 1.61. The van der Waals surface area contributed by atoms with Gasteiger partial charge in [-0.2, -0.15) is 0 Å². The van der Waals surface area contributed by atoms with Gasteiger partial charge in [0.15, 0.2) is 11.5 Å². The average Bonchev–Trinajstić information content (AvgIpc) is 3.03. The van der Waals surface area contributed by atoms with Crippen LogP contribution in [0.5, 0.6) is 11.5 Å². The van der Waals surface area contributed by atoms with Crippen molar-refractivity contribution >= 4 is 17.2 Å². The van der Waals surface area contributed by atoms with Crippen LogP contribution in [-0.4, -0.2) is 26.2 Å². The topological polar surface area (TPSA) is 47.6 Å². The van der Waals surface area contributed by atoms with Crippen LogP contribution in [0.3, 0.4) is 0 Å². The lowest BCUT2D eigenvalue weighted by Gasteiger charge is -2.10. The molecule has 0 fully saturated rings. The molecule has 0 aliphatic heterocycles. The summed E-state index contributed by atoms with van der Waals surface area (Å²) in [6.45, 7) is 0.886. The predicted octanol–water partition coefficient (Wildman–Crippen LogP) is 3.44. The SMILES string of the molecule is COc1ccccc1OCCNC(=O)c1cc2c(s1)CCCC2. The molecular formula is C18H21NO3S. The molecule has 2 aromatic rings. The van der Waals surface area contributed by atoms with Crippen molar-refractivity contribution in [2.75, 3.05) is 20.3 Å². The quantitative estimate of drug-likeness (QED) is 0.825. The van der Waals surface area contributed by atoms with Crippen molar-refractivity contribution in [3.63, 3.8) is 0 Å². The molecule has 0 atom stereocenters. The van der Waals surface area contributed by atoms with Gasteiger partial charge >= 0.3 is 0 Å². The predicted molar refractivity (Wildman–Crippen MR) is 91.8 cm³/mol. The average molecular weight is 331 g/mol. The molecule has 0 unspecified atom stereocenters. The highest BCUT2D eigenvalue weighted by atomic mass is 32.1. The Balaban J connectivity index is 1.48. The first-order valence-corrected chi connectivity index (χ1v) is 8.75. The molecule has 0 saturated heterocycles. The van der Waals surface area contributed by atoms with Gasteiger partial charge in [0.05, 0.1) is 18.5 Å². The van der Waals surface area contributed by atoms with Crippen molar-refractivity contribution in [2.24, 2.45) is 0 Å². The third-order valence-electron chi connectivity index (χ3n) is 3.93. The third-order valence-corrected chi connectivity index (χ3v) is 5.17. The molecule has 1 aliphatic carbocycles. The van der Waals surface area contributed by atoms with E-state index in [-0.39, 0.29) is 5.91 Å². The molecule has 23 heavy (non-hydrogen) atoms. The molecule has 1 heterocycles. The van der Waals surface area contributed by atoms with Gasteiger partial charge in [-0.05, 0) is 49.4 Å². The van der Waals surface area contributed by atoms with E-state index in [1.165, 1.54) is 23.3 Å². The van der Waals surface area contributed by atoms with E-state index in [4.69, 9.17) is 9.47 Å². The number of fused-ring (bicyclic) bond motifs is 1. The molecule has 122 valence electrons. The number of thiophene rings is 1. The number of carbonyl (C=O) groups is 1. The first kappa shape index (κ1) is 15.9. The summed E-state index contributed by atoms with van der Waals surface area (Å²) < 4.78 is 10.9. The Kier molecular flexibility index (Phi) is 5.18. The Labute approximate surface area is 140 Å². The maximum Gasteiger partial charge on any atom is 0.261 e. The summed E-state index contributed by atoms with van der Waals surface area (Å²) in [4.78, 5) is 14.4. The van der Waals surface area contributed by atoms with Gasteiger partial charge in [-0.1, -0.05) is 12.1 Å². The lowest BCUT2D eigenvalue weighted by molar-refractivity contribution is 0.0951. The summed E-state index contributed by atoms with van der Waals surface area (Å²) in [6, 6.07) is 9.55. The zero-order chi connectivity index (χ0) is 16.1. The van der Waals surface area contributed by atoms with E-state index < -0.39 is 0 Å². The van der Waals surface area contributed by atoms with Gasteiger partial charge in [-0.3, -0.25) is 4.79 Å².